The number of sulfone groups is 1. The summed E-state index contributed by atoms with van der Waals surface area (Å²) >= 11 is 3.33. The van der Waals surface area contributed by atoms with Gasteiger partial charge in [0.25, 0.3) is 0 Å². The van der Waals surface area contributed by atoms with Gasteiger partial charge in [-0.1, -0.05) is 15.9 Å². The van der Waals surface area contributed by atoms with Crippen molar-refractivity contribution in [1.82, 2.24) is 4.31 Å². The van der Waals surface area contributed by atoms with E-state index in [9.17, 15) is 16.8 Å². The Balaban J connectivity index is 2.32. The van der Waals surface area contributed by atoms with E-state index in [4.69, 9.17) is 0 Å². The molecule has 2 rings (SSSR count). The third-order valence-electron chi connectivity index (χ3n) is 3.53. The number of sulfonamides is 1. The molecular weight excluding hydrogens is 366 g/mol. The first-order chi connectivity index (χ1) is 9.13. The maximum Gasteiger partial charge on any atom is 0.243 e. The number of halogens is 1. The molecule has 20 heavy (non-hydrogen) atoms. The normalized spacial score (nSPS) is 22.3. The van der Waals surface area contributed by atoms with Crippen molar-refractivity contribution >= 4 is 35.8 Å². The van der Waals surface area contributed by atoms with Crippen molar-refractivity contribution in [2.45, 2.75) is 24.3 Å². The average Bonchev–Trinajstić information content (AvgIpc) is 2.72. The van der Waals surface area contributed by atoms with Crippen LogP contribution in [0.5, 0.6) is 0 Å². The maximum absolute atomic E-state index is 12.5. The topological polar surface area (TPSA) is 71.5 Å². The summed E-state index contributed by atoms with van der Waals surface area (Å²) in [6, 6.07) is 4.31. The van der Waals surface area contributed by atoms with Gasteiger partial charge in [0.2, 0.25) is 10.0 Å². The van der Waals surface area contributed by atoms with Gasteiger partial charge in [-0.15, -0.1) is 0 Å². The molecule has 0 amide bonds. The van der Waals surface area contributed by atoms with E-state index in [1.165, 1.54) is 17.4 Å². The molecule has 8 heteroatoms. The van der Waals surface area contributed by atoms with Crippen molar-refractivity contribution in [3.05, 3.63) is 28.2 Å². The van der Waals surface area contributed by atoms with Crippen LogP contribution in [0.1, 0.15) is 12.0 Å². The molecule has 1 aromatic rings. The Morgan fingerprint density at radius 1 is 1.35 bits per heavy atom. The van der Waals surface area contributed by atoms with Gasteiger partial charge >= 0.3 is 0 Å². The van der Waals surface area contributed by atoms with Crippen molar-refractivity contribution in [1.29, 1.82) is 0 Å². The molecule has 1 aliphatic heterocycles. The van der Waals surface area contributed by atoms with Crippen LogP contribution in [0, 0.1) is 6.92 Å². The zero-order valence-corrected chi connectivity index (χ0v) is 14.4. The minimum Gasteiger partial charge on any atom is -0.229 e. The molecule has 0 radical (unpaired) electrons. The summed E-state index contributed by atoms with van der Waals surface area (Å²) in [7, 11) is -5.33. The van der Waals surface area contributed by atoms with E-state index in [2.05, 4.69) is 15.9 Å². The Morgan fingerprint density at radius 3 is 2.50 bits per heavy atom. The molecule has 0 aromatic heterocycles. The van der Waals surface area contributed by atoms with E-state index in [-0.39, 0.29) is 16.4 Å². The number of hydrogen-bond donors (Lipinski definition) is 0. The molecule has 1 aromatic carbocycles. The lowest BCUT2D eigenvalue weighted by Crippen LogP contribution is -2.37. The van der Waals surface area contributed by atoms with Gasteiger partial charge in [-0.2, -0.15) is 4.31 Å². The van der Waals surface area contributed by atoms with Crippen LogP contribution in [-0.4, -0.2) is 45.7 Å². The minimum absolute atomic E-state index is 0.0525. The van der Waals surface area contributed by atoms with Crippen molar-refractivity contribution in [2.75, 3.05) is 18.6 Å². The fourth-order valence-electron chi connectivity index (χ4n) is 2.20. The molecule has 0 spiro atoms. The molecule has 112 valence electrons. The lowest BCUT2D eigenvalue weighted by Gasteiger charge is -2.23. The lowest BCUT2D eigenvalue weighted by atomic mass is 10.2. The minimum atomic E-state index is -3.66. The molecule has 0 saturated carbocycles. The van der Waals surface area contributed by atoms with Gasteiger partial charge in [0.1, 0.15) is 0 Å². The van der Waals surface area contributed by atoms with Crippen LogP contribution in [0.25, 0.3) is 0 Å². The smallest absolute Gasteiger partial charge is 0.229 e. The summed E-state index contributed by atoms with van der Waals surface area (Å²) < 4.78 is 50.0. The highest BCUT2D eigenvalue weighted by molar-refractivity contribution is 9.10. The van der Waals surface area contributed by atoms with E-state index in [0.29, 0.717) is 6.42 Å². The van der Waals surface area contributed by atoms with E-state index < -0.39 is 25.9 Å². The summed E-state index contributed by atoms with van der Waals surface area (Å²) in [6.07, 6.45) is 0.355. The molecule has 0 aliphatic carbocycles. The van der Waals surface area contributed by atoms with E-state index in [0.717, 1.165) is 10.0 Å². The Morgan fingerprint density at radius 2 is 2.00 bits per heavy atom. The SMILES string of the molecule is Cc1cc(S(=O)(=O)N(C)C2CCS(=O)(=O)C2)ccc1Br. The number of benzene rings is 1. The summed E-state index contributed by atoms with van der Waals surface area (Å²) in [6.45, 7) is 1.81. The average molecular weight is 382 g/mol. The van der Waals surface area contributed by atoms with E-state index in [1.54, 1.807) is 12.1 Å². The van der Waals surface area contributed by atoms with Gasteiger partial charge in [0.05, 0.1) is 16.4 Å². The van der Waals surface area contributed by atoms with Crippen LogP contribution >= 0.6 is 15.9 Å². The first-order valence-corrected chi connectivity index (χ1v) is 10.1. The van der Waals surface area contributed by atoms with Gasteiger partial charge in [0, 0.05) is 17.6 Å². The van der Waals surface area contributed by atoms with Gasteiger partial charge in [-0.05, 0) is 37.1 Å². The van der Waals surface area contributed by atoms with Crippen molar-refractivity contribution in [3.8, 4) is 0 Å². The fourth-order valence-corrected chi connectivity index (χ4v) is 5.79. The van der Waals surface area contributed by atoms with Crippen LogP contribution in [0.3, 0.4) is 0 Å². The zero-order chi connectivity index (χ0) is 15.1. The number of rotatable bonds is 3. The molecule has 1 heterocycles. The first-order valence-electron chi connectivity index (χ1n) is 6.08. The summed E-state index contributed by atoms with van der Waals surface area (Å²) in [4.78, 5) is 0.185. The molecule has 1 aliphatic rings. The molecule has 1 unspecified atom stereocenters. The molecular formula is C12H16BrNO4S2. The maximum atomic E-state index is 12.5. The predicted molar refractivity (Wildman–Crippen MR) is 80.9 cm³/mol. The van der Waals surface area contributed by atoms with Gasteiger partial charge < -0.3 is 0 Å². The number of hydrogen-bond acceptors (Lipinski definition) is 4. The summed E-state index contributed by atoms with van der Waals surface area (Å²) in [5, 5.41) is 0. The van der Waals surface area contributed by atoms with Crippen molar-refractivity contribution in [2.24, 2.45) is 0 Å². The van der Waals surface area contributed by atoms with Crippen LogP contribution in [-0.2, 0) is 19.9 Å². The second-order valence-corrected chi connectivity index (χ2v) is 10.1. The van der Waals surface area contributed by atoms with Gasteiger partial charge in [-0.25, -0.2) is 16.8 Å². The van der Waals surface area contributed by atoms with Gasteiger partial charge in [-0.3, -0.25) is 0 Å². The molecule has 1 fully saturated rings. The molecule has 0 N–H and O–H groups in total. The monoisotopic (exact) mass is 381 g/mol. The van der Waals surface area contributed by atoms with Crippen LogP contribution < -0.4 is 0 Å². The first kappa shape index (κ1) is 15.9. The Kier molecular flexibility index (Phi) is 4.30. The zero-order valence-electron chi connectivity index (χ0n) is 11.2. The highest BCUT2D eigenvalue weighted by Crippen LogP contribution is 2.26. The second kappa shape index (κ2) is 5.40. The third-order valence-corrected chi connectivity index (χ3v) is 8.08. The predicted octanol–water partition coefficient (Wildman–Crippen LogP) is 1.57. The Labute approximate surface area is 128 Å². The van der Waals surface area contributed by atoms with Crippen molar-refractivity contribution < 1.29 is 16.8 Å². The van der Waals surface area contributed by atoms with Crippen LogP contribution in [0.15, 0.2) is 27.6 Å². The standard InChI is InChI=1S/C12H16BrNO4S2/c1-9-7-11(3-4-12(9)13)20(17,18)14(2)10-5-6-19(15,16)8-10/h3-4,7,10H,5-6,8H2,1-2H3. The number of aryl methyl sites for hydroxylation is 1. The van der Waals surface area contributed by atoms with Crippen LogP contribution in [0.4, 0.5) is 0 Å². The van der Waals surface area contributed by atoms with E-state index >= 15 is 0 Å². The fraction of sp³-hybridized carbons (Fsp3) is 0.500. The molecule has 0 bridgehead atoms. The molecule has 5 nitrogen and oxygen atoms in total. The number of nitrogens with zero attached hydrogens (tertiary/aromatic N) is 1. The Hall–Kier alpha value is -0.440. The van der Waals surface area contributed by atoms with E-state index in [1.807, 2.05) is 6.92 Å². The summed E-state index contributed by atoms with van der Waals surface area (Å²) in [5.74, 6) is -0.0465. The lowest BCUT2D eigenvalue weighted by molar-refractivity contribution is 0.394. The highest BCUT2D eigenvalue weighted by Gasteiger charge is 2.36. The highest BCUT2D eigenvalue weighted by atomic mass is 79.9. The van der Waals surface area contributed by atoms with Crippen molar-refractivity contribution in [3.63, 3.8) is 0 Å². The molecule has 1 atom stereocenters. The summed E-state index contributed by atoms with van der Waals surface area (Å²) in [5.41, 5.74) is 0.818. The second-order valence-electron chi connectivity index (χ2n) is 4.99. The van der Waals surface area contributed by atoms with Crippen LogP contribution in [0.2, 0.25) is 0 Å². The quantitative estimate of drug-likeness (QED) is 0.796. The largest absolute Gasteiger partial charge is 0.243 e. The molecule has 1 saturated heterocycles. The Bertz CT molecular complexity index is 728. The third kappa shape index (κ3) is 3.08. The van der Waals surface area contributed by atoms with Gasteiger partial charge in [0.15, 0.2) is 9.84 Å².